The van der Waals surface area contributed by atoms with Crippen molar-refractivity contribution in [2.24, 2.45) is 0 Å². The molecule has 0 radical (unpaired) electrons. The van der Waals surface area contributed by atoms with Gasteiger partial charge < -0.3 is 9.84 Å². The number of anilines is 1. The van der Waals surface area contributed by atoms with Gasteiger partial charge in [-0.2, -0.15) is 0 Å². The zero-order valence-corrected chi connectivity index (χ0v) is 18.4. The number of rotatable bonds is 5. The Balaban J connectivity index is 1.45. The van der Waals surface area contributed by atoms with Gasteiger partial charge in [-0.15, -0.1) is 15.0 Å². The predicted molar refractivity (Wildman–Crippen MR) is 131 cm³/mol. The first kappa shape index (κ1) is 20.6. The second kappa shape index (κ2) is 7.81. The number of amides is 2. The fourth-order valence-electron chi connectivity index (χ4n) is 4.36. The molecule has 0 aliphatic carbocycles. The zero-order valence-electron chi connectivity index (χ0n) is 18.4. The third-order valence-electron chi connectivity index (χ3n) is 5.94. The van der Waals surface area contributed by atoms with Gasteiger partial charge in [-0.3, -0.25) is 9.59 Å². The first-order valence-corrected chi connectivity index (χ1v) is 10.9. The topological polar surface area (TPSA) is 97.6 Å². The highest BCUT2D eigenvalue weighted by Gasteiger charge is 2.35. The van der Waals surface area contributed by atoms with E-state index >= 15 is 0 Å². The van der Waals surface area contributed by atoms with Crippen LogP contribution in [-0.2, 0) is 0 Å². The Labute approximate surface area is 199 Å². The van der Waals surface area contributed by atoms with Crippen LogP contribution in [0.5, 0.6) is 11.5 Å². The van der Waals surface area contributed by atoms with E-state index in [9.17, 15) is 14.7 Å². The summed E-state index contributed by atoms with van der Waals surface area (Å²) in [5, 5.41) is 20.3. The number of fused-ring (bicyclic) bond motifs is 1. The third-order valence-corrected chi connectivity index (χ3v) is 5.94. The van der Waals surface area contributed by atoms with Crippen LogP contribution < -0.4 is 9.64 Å². The number of hydrogen-bond donors (Lipinski definition) is 1. The van der Waals surface area contributed by atoms with Crippen molar-refractivity contribution in [3.63, 3.8) is 0 Å². The van der Waals surface area contributed by atoms with Crippen molar-refractivity contribution in [2.45, 2.75) is 0 Å². The second-order valence-electron chi connectivity index (χ2n) is 8.04. The van der Waals surface area contributed by atoms with Gasteiger partial charge in [0.05, 0.1) is 5.69 Å². The summed E-state index contributed by atoms with van der Waals surface area (Å²) in [5.41, 5.74) is 2.67. The summed E-state index contributed by atoms with van der Waals surface area (Å²) in [7, 11) is 0. The van der Waals surface area contributed by atoms with Gasteiger partial charge in [0.15, 0.2) is 0 Å². The maximum absolute atomic E-state index is 13.5. The van der Waals surface area contributed by atoms with Crippen molar-refractivity contribution in [2.75, 3.05) is 11.5 Å². The number of ether oxygens (including phenoxy) is 1. The van der Waals surface area contributed by atoms with Gasteiger partial charge >= 0.3 is 0 Å². The van der Waals surface area contributed by atoms with Crippen LogP contribution in [0.1, 0.15) is 20.7 Å². The Kier molecular flexibility index (Phi) is 4.60. The minimum atomic E-state index is -0.429. The summed E-state index contributed by atoms with van der Waals surface area (Å²) in [4.78, 5) is 29.5. The molecule has 0 unspecified atom stereocenters. The molecule has 4 aromatic carbocycles. The number of phenolic OH excluding ortho intramolecular Hbond substituents is 1. The molecular weight excluding hydrogens is 444 g/mol. The second-order valence-corrected chi connectivity index (χ2v) is 8.04. The summed E-state index contributed by atoms with van der Waals surface area (Å²) in [5.74, 6) is -0.236. The molecule has 2 amide bonds. The van der Waals surface area contributed by atoms with Gasteiger partial charge in [0.25, 0.3) is 11.8 Å². The van der Waals surface area contributed by atoms with E-state index in [1.165, 1.54) is 4.80 Å². The van der Waals surface area contributed by atoms with Gasteiger partial charge in [-0.05, 0) is 48.5 Å². The van der Waals surface area contributed by atoms with Crippen molar-refractivity contribution in [1.82, 2.24) is 15.0 Å². The highest BCUT2D eigenvalue weighted by Crippen LogP contribution is 2.37. The number of imide groups is 1. The fraction of sp³-hybridized carbons (Fsp3) is 0.0370. The number of carbonyl (C=O) groups excluding carboxylic acids is 2. The maximum atomic E-state index is 13.5. The molecular formula is C27H18N4O4. The summed E-state index contributed by atoms with van der Waals surface area (Å²) < 4.78 is 5.73. The lowest BCUT2D eigenvalue weighted by molar-refractivity contribution is 0.0893. The van der Waals surface area contributed by atoms with Crippen LogP contribution in [0.25, 0.3) is 27.5 Å². The van der Waals surface area contributed by atoms with Crippen LogP contribution in [0.4, 0.5) is 5.69 Å². The summed E-state index contributed by atoms with van der Waals surface area (Å²) >= 11 is 0. The molecule has 8 nitrogen and oxygen atoms in total. The first-order valence-electron chi connectivity index (χ1n) is 10.9. The van der Waals surface area contributed by atoms with Crippen molar-refractivity contribution in [3.05, 3.63) is 96.6 Å². The van der Waals surface area contributed by atoms with Crippen LogP contribution in [0.3, 0.4) is 0 Å². The largest absolute Gasteiger partial charge is 0.506 e. The Morgan fingerprint density at radius 1 is 0.886 bits per heavy atom. The van der Waals surface area contributed by atoms with Gasteiger partial charge in [0.1, 0.15) is 34.8 Å². The molecule has 0 spiro atoms. The number of phenols is 1. The normalized spacial score (nSPS) is 13.0. The molecule has 170 valence electrons. The van der Waals surface area contributed by atoms with Gasteiger partial charge in [0.2, 0.25) is 0 Å². The number of carbonyl (C=O) groups is 2. The number of benzene rings is 4. The number of aromatic nitrogens is 3. The third kappa shape index (κ3) is 3.15. The molecule has 0 bridgehead atoms. The molecule has 0 saturated heterocycles. The number of nitrogens with zero attached hydrogens (tertiary/aromatic N) is 4. The van der Waals surface area contributed by atoms with Crippen molar-refractivity contribution < 1.29 is 19.4 Å². The lowest BCUT2D eigenvalue weighted by Gasteiger charge is -2.27. The minimum absolute atomic E-state index is 0.0376. The van der Waals surface area contributed by atoms with Crippen molar-refractivity contribution in [1.29, 1.82) is 0 Å². The molecule has 5 aromatic rings. The van der Waals surface area contributed by atoms with Gasteiger partial charge in [0, 0.05) is 21.9 Å². The molecule has 6 rings (SSSR count). The van der Waals surface area contributed by atoms with E-state index in [0.717, 1.165) is 4.90 Å². The smallest absolute Gasteiger partial charge is 0.265 e. The number of para-hydroxylation sites is 2. The lowest BCUT2D eigenvalue weighted by atomic mass is 9.93. The molecule has 2 heterocycles. The van der Waals surface area contributed by atoms with Crippen LogP contribution in [0.15, 0.2) is 85.5 Å². The van der Waals surface area contributed by atoms with E-state index in [1.54, 1.807) is 72.8 Å². The van der Waals surface area contributed by atoms with E-state index in [1.807, 2.05) is 6.07 Å². The molecule has 1 aromatic heterocycles. The van der Waals surface area contributed by atoms with Crippen molar-refractivity contribution in [3.8, 4) is 17.2 Å². The van der Waals surface area contributed by atoms with Crippen LogP contribution in [0, 0.1) is 0 Å². The van der Waals surface area contributed by atoms with Crippen molar-refractivity contribution >= 4 is 39.3 Å². The van der Waals surface area contributed by atoms with E-state index < -0.39 is 11.8 Å². The predicted octanol–water partition coefficient (Wildman–Crippen LogP) is 4.64. The van der Waals surface area contributed by atoms with E-state index in [2.05, 4.69) is 16.8 Å². The number of aromatic hydroxyl groups is 1. The molecule has 8 heteroatoms. The Morgan fingerprint density at radius 2 is 1.66 bits per heavy atom. The summed E-state index contributed by atoms with van der Waals surface area (Å²) in [6.45, 7) is 3.98. The Morgan fingerprint density at radius 3 is 2.46 bits per heavy atom. The SMILES string of the molecule is C=CCOc1ccc2c3c(cccc13)C(=O)N(c1ccc3nn(-c4ccccc4O)nc3c1)C2=O. The van der Waals surface area contributed by atoms with Crippen LogP contribution >= 0.6 is 0 Å². The molecule has 0 fully saturated rings. The highest BCUT2D eigenvalue weighted by atomic mass is 16.5. The molecule has 1 aliphatic rings. The highest BCUT2D eigenvalue weighted by molar-refractivity contribution is 6.36. The molecule has 0 atom stereocenters. The molecule has 35 heavy (non-hydrogen) atoms. The molecule has 1 aliphatic heterocycles. The Hall–Kier alpha value is -4.98. The van der Waals surface area contributed by atoms with Gasteiger partial charge in [-0.1, -0.05) is 36.9 Å². The quantitative estimate of drug-likeness (QED) is 0.302. The maximum Gasteiger partial charge on any atom is 0.265 e. The van der Waals surface area contributed by atoms with E-state index in [0.29, 0.717) is 56.7 Å². The average molecular weight is 462 g/mol. The fourth-order valence-corrected chi connectivity index (χ4v) is 4.36. The summed E-state index contributed by atoms with van der Waals surface area (Å²) in [6, 6.07) is 20.4. The first-order chi connectivity index (χ1) is 17.1. The van der Waals surface area contributed by atoms with E-state index in [-0.39, 0.29) is 5.75 Å². The molecule has 0 saturated carbocycles. The molecule has 1 N–H and O–H groups in total. The summed E-state index contributed by atoms with van der Waals surface area (Å²) in [6.07, 6.45) is 1.64. The standard InChI is InChI=1S/C27H18N4O4/c1-2-14-35-24-13-11-19-25-17(24)6-5-7-18(25)26(33)30(27(19)34)16-10-12-20-21(15-16)29-31(28-20)22-8-3-4-9-23(22)32/h2-13,15,32H,1,14H2. The Bertz CT molecular complexity index is 1670. The average Bonchev–Trinajstić information content (AvgIpc) is 3.30. The minimum Gasteiger partial charge on any atom is -0.506 e. The lowest BCUT2D eigenvalue weighted by Crippen LogP contribution is -2.40. The van der Waals surface area contributed by atoms with Gasteiger partial charge in [-0.25, -0.2) is 4.90 Å². The zero-order chi connectivity index (χ0) is 24.1. The van der Waals surface area contributed by atoms with Crippen LogP contribution in [-0.4, -0.2) is 38.5 Å². The van der Waals surface area contributed by atoms with E-state index in [4.69, 9.17) is 4.74 Å². The number of hydrogen-bond acceptors (Lipinski definition) is 6. The van der Waals surface area contributed by atoms with Crippen LogP contribution in [0.2, 0.25) is 0 Å². The monoisotopic (exact) mass is 462 g/mol.